The van der Waals surface area contributed by atoms with Gasteiger partial charge in [0.25, 0.3) is 0 Å². The minimum Gasteiger partial charge on any atom is -0.404 e. The van der Waals surface area contributed by atoms with Gasteiger partial charge in [0.2, 0.25) is 0 Å². The highest BCUT2D eigenvalue weighted by Gasteiger charge is 2.50. The Morgan fingerprint density at radius 2 is 2.08 bits per heavy atom. The molecule has 2 aliphatic heterocycles. The molecule has 0 aromatic heterocycles. The fraction of sp³-hybridized carbons (Fsp3) is 0.550. The van der Waals surface area contributed by atoms with Crippen LogP contribution in [0.3, 0.4) is 0 Å². The molecular formula is C20H28ClN3OS. The van der Waals surface area contributed by atoms with Crippen LogP contribution in [0.1, 0.15) is 37.8 Å². The van der Waals surface area contributed by atoms with Gasteiger partial charge >= 0.3 is 0 Å². The number of fused-ring (bicyclic) bond motifs is 2. The molecule has 0 radical (unpaired) electrons. The Morgan fingerprint density at radius 1 is 1.35 bits per heavy atom. The molecule has 0 atom stereocenters. The maximum Gasteiger partial charge on any atom is 0.0971 e. The molecule has 0 aliphatic carbocycles. The van der Waals surface area contributed by atoms with Crippen LogP contribution in [0.15, 0.2) is 35.0 Å². The highest BCUT2D eigenvalue weighted by Crippen LogP contribution is 2.52. The first-order valence-electron chi connectivity index (χ1n) is 9.15. The molecule has 1 fully saturated rings. The Bertz CT molecular complexity index is 709. The first kappa shape index (κ1) is 19.7. The van der Waals surface area contributed by atoms with Crippen molar-refractivity contribution in [3.63, 3.8) is 0 Å². The summed E-state index contributed by atoms with van der Waals surface area (Å²) in [6.07, 6.45) is 5.42. The molecule has 1 aromatic carbocycles. The topological polar surface area (TPSA) is 50.8 Å². The summed E-state index contributed by atoms with van der Waals surface area (Å²) in [4.78, 5) is 6.75. The van der Waals surface area contributed by atoms with E-state index in [9.17, 15) is 0 Å². The fourth-order valence-electron chi connectivity index (χ4n) is 4.09. The summed E-state index contributed by atoms with van der Waals surface area (Å²) in [5, 5.41) is 0.778. The van der Waals surface area contributed by atoms with Crippen molar-refractivity contribution >= 4 is 30.4 Å². The van der Waals surface area contributed by atoms with Crippen molar-refractivity contribution in [2.45, 2.75) is 37.9 Å². The van der Waals surface area contributed by atoms with E-state index in [1.54, 1.807) is 6.20 Å². The maximum absolute atomic E-state index is 6.60. The zero-order chi connectivity index (χ0) is 18.8. The molecule has 2 heterocycles. The smallest absolute Gasteiger partial charge is 0.0971 e. The van der Waals surface area contributed by atoms with E-state index in [1.165, 1.54) is 11.1 Å². The van der Waals surface area contributed by atoms with Gasteiger partial charge in [-0.3, -0.25) is 9.89 Å². The predicted octanol–water partition coefficient (Wildman–Crippen LogP) is 3.74. The quantitative estimate of drug-likeness (QED) is 0.591. The summed E-state index contributed by atoms with van der Waals surface area (Å²) < 4.78 is 6.60. The number of nitrogens with two attached hydrogens (primary N) is 1. The minimum atomic E-state index is -0.274. The SMILES string of the molecule is CC1(C)OC2(CCN(CC(C=NCCS)=CN)CC2)c2cc(Cl)ccc21. The monoisotopic (exact) mass is 393 g/mol. The number of aliphatic imine (C=N–C) groups is 1. The number of piperidine rings is 1. The molecule has 6 heteroatoms. The van der Waals surface area contributed by atoms with E-state index in [0.717, 1.165) is 48.8 Å². The first-order valence-corrected chi connectivity index (χ1v) is 10.2. The summed E-state index contributed by atoms with van der Waals surface area (Å²) in [7, 11) is 0. The molecule has 1 spiro atoms. The third-order valence-corrected chi connectivity index (χ3v) is 5.78. The summed E-state index contributed by atoms with van der Waals surface area (Å²) >= 11 is 10.5. The molecule has 1 aromatic rings. The van der Waals surface area contributed by atoms with Crippen LogP contribution < -0.4 is 5.73 Å². The molecule has 1 saturated heterocycles. The van der Waals surface area contributed by atoms with E-state index in [1.807, 2.05) is 12.3 Å². The van der Waals surface area contributed by atoms with Gasteiger partial charge in [-0.15, -0.1) is 0 Å². The minimum absolute atomic E-state index is 0.229. The second-order valence-electron chi connectivity index (χ2n) is 7.57. The lowest BCUT2D eigenvalue weighted by Crippen LogP contribution is -2.44. The molecule has 4 nitrogen and oxygen atoms in total. The zero-order valence-corrected chi connectivity index (χ0v) is 17.2. The van der Waals surface area contributed by atoms with Gasteiger partial charge in [0.1, 0.15) is 0 Å². The van der Waals surface area contributed by atoms with Crippen LogP contribution in [0.4, 0.5) is 0 Å². The van der Waals surface area contributed by atoms with Gasteiger partial charge < -0.3 is 10.5 Å². The van der Waals surface area contributed by atoms with E-state index in [0.29, 0.717) is 6.54 Å². The van der Waals surface area contributed by atoms with Crippen LogP contribution in [0.5, 0.6) is 0 Å². The standard InChI is InChI=1S/C20H28ClN3OS/c1-19(2)17-4-3-16(21)11-18(17)20(25-19)5-8-24(9-6-20)14-15(12-22)13-23-7-10-26/h3-4,11-13,26H,5-10,14,22H2,1-2H3. The number of hydrogen-bond donors (Lipinski definition) is 2. The van der Waals surface area contributed by atoms with Gasteiger partial charge in [-0.1, -0.05) is 17.7 Å². The summed E-state index contributed by atoms with van der Waals surface area (Å²) in [5.41, 5.74) is 8.83. The molecule has 142 valence electrons. The zero-order valence-electron chi connectivity index (χ0n) is 15.5. The number of ether oxygens (including phenoxy) is 1. The van der Waals surface area contributed by atoms with E-state index in [4.69, 9.17) is 22.1 Å². The summed E-state index contributed by atoms with van der Waals surface area (Å²) in [6, 6.07) is 6.17. The fourth-order valence-corrected chi connectivity index (χ4v) is 4.38. The number of benzene rings is 1. The van der Waals surface area contributed by atoms with E-state index >= 15 is 0 Å². The van der Waals surface area contributed by atoms with E-state index in [-0.39, 0.29) is 11.2 Å². The average Bonchev–Trinajstić information content (AvgIpc) is 2.82. The largest absolute Gasteiger partial charge is 0.404 e. The molecule has 26 heavy (non-hydrogen) atoms. The van der Waals surface area contributed by atoms with Crippen molar-refractivity contribution in [3.05, 3.63) is 46.1 Å². The van der Waals surface area contributed by atoms with Crippen molar-refractivity contribution in [1.82, 2.24) is 4.90 Å². The first-order chi connectivity index (χ1) is 12.4. The molecule has 0 amide bonds. The van der Waals surface area contributed by atoms with Crippen LogP contribution in [-0.2, 0) is 15.9 Å². The van der Waals surface area contributed by atoms with Gasteiger partial charge in [-0.2, -0.15) is 12.6 Å². The Hall–Kier alpha value is -1.01. The van der Waals surface area contributed by atoms with Gasteiger partial charge in [-0.25, -0.2) is 0 Å². The number of nitrogens with zero attached hydrogens (tertiary/aromatic N) is 2. The summed E-state index contributed by atoms with van der Waals surface area (Å²) in [6.45, 7) is 7.74. The van der Waals surface area contributed by atoms with Gasteiger partial charge in [-0.05, 0) is 61.7 Å². The lowest BCUT2D eigenvalue weighted by molar-refractivity contribution is -0.149. The molecule has 2 N–H and O–H groups in total. The van der Waals surface area contributed by atoms with Crippen LogP contribution in [0, 0.1) is 0 Å². The Labute approximate surface area is 166 Å². The van der Waals surface area contributed by atoms with Crippen molar-refractivity contribution < 1.29 is 4.74 Å². The Balaban J connectivity index is 1.70. The summed E-state index contributed by atoms with van der Waals surface area (Å²) in [5.74, 6) is 0.746. The van der Waals surface area contributed by atoms with Gasteiger partial charge in [0.05, 0.1) is 11.2 Å². The van der Waals surface area contributed by atoms with Crippen LogP contribution in [-0.4, -0.2) is 43.0 Å². The second-order valence-corrected chi connectivity index (χ2v) is 8.46. The maximum atomic E-state index is 6.60. The highest BCUT2D eigenvalue weighted by atomic mass is 35.5. The van der Waals surface area contributed by atoms with Crippen LogP contribution >= 0.6 is 24.2 Å². The predicted molar refractivity (Wildman–Crippen MR) is 112 cm³/mol. The second kappa shape index (κ2) is 7.93. The lowest BCUT2D eigenvalue weighted by Gasteiger charge is -2.40. The molecule has 0 saturated carbocycles. The number of thiol groups is 1. The van der Waals surface area contributed by atoms with Crippen molar-refractivity contribution in [3.8, 4) is 0 Å². The third kappa shape index (κ3) is 3.96. The number of hydrogen-bond acceptors (Lipinski definition) is 5. The Kier molecular flexibility index (Phi) is 6.02. The van der Waals surface area contributed by atoms with Crippen molar-refractivity contribution in [1.29, 1.82) is 0 Å². The molecule has 2 aliphatic rings. The van der Waals surface area contributed by atoms with E-state index < -0.39 is 0 Å². The Morgan fingerprint density at radius 3 is 2.73 bits per heavy atom. The van der Waals surface area contributed by atoms with Gasteiger partial charge in [0, 0.05) is 43.2 Å². The molecule has 3 rings (SSSR count). The van der Waals surface area contributed by atoms with Crippen molar-refractivity contribution in [2.75, 3.05) is 31.9 Å². The lowest BCUT2D eigenvalue weighted by atomic mass is 9.82. The average molecular weight is 394 g/mol. The van der Waals surface area contributed by atoms with Gasteiger partial charge in [0.15, 0.2) is 0 Å². The number of rotatable bonds is 5. The molecular weight excluding hydrogens is 366 g/mol. The number of halogens is 1. The van der Waals surface area contributed by atoms with Crippen molar-refractivity contribution in [2.24, 2.45) is 10.7 Å². The van der Waals surface area contributed by atoms with Crippen LogP contribution in [0.25, 0.3) is 0 Å². The van der Waals surface area contributed by atoms with Crippen LogP contribution in [0.2, 0.25) is 5.02 Å². The normalized spacial score (nSPS) is 22.2. The van der Waals surface area contributed by atoms with E-state index in [2.05, 4.69) is 48.5 Å². The molecule has 0 bridgehead atoms. The third-order valence-electron chi connectivity index (χ3n) is 5.34. The number of likely N-dealkylation sites (tertiary alicyclic amines) is 1. The molecule has 0 unspecified atom stereocenters. The highest BCUT2D eigenvalue weighted by molar-refractivity contribution is 7.80.